The predicted octanol–water partition coefficient (Wildman–Crippen LogP) is 4.09. The standard InChI is InChI=1S/C27H35N3O/c1-20-11-12-22-13-14-23(24-16-29(17-24)25-18-28(2)19-25)15-26(22)30(20)27(31)10-6-9-21-7-4-3-5-8-21/h3-5,7-8,13-15,20,24-25H,6,9-12,16-19H2,1-2H3. The van der Waals surface area contributed by atoms with Crippen LogP contribution in [0.25, 0.3) is 0 Å². The number of anilines is 1. The topological polar surface area (TPSA) is 26.8 Å². The Morgan fingerprint density at radius 2 is 1.81 bits per heavy atom. The van der Waals surface area contributed by atoms with Gasteiger partial charge in [-0.25, -0.2) is 0 Å². The number of likely N-dealkylation sites (N-methyl/N-ethyl adjacent to an activating group) is 1. The van der Waals surface area contributed by atoms with Crippen molar-refractivity contribution in [1.29, 1.82) is 0 Å². The molecule has 1 amide bonds. The van der Waals surface area contributed by atoms with E-state index in [-0.39, 0.29) is 11.9 Å². The van der Waals surface area contributed by atoms with Gasteiger partial charge in [-0.1, -0.05) is 42.5 Å². The molecule has 3 aliphatic heterocycles. The van der Waals surface area contributed by atoms with Crippen LogP contribution in [0.5, 0.6) is 0 Å². The van der Waals surface area contributed by atoms with Gasteiger partial charge in [0.05, 0.1) is 0 Å². The second kappa shape index (κ2) is 8.76. The van der Waals surface area contributed by atoms with Crippen LogP contribution in [-0.4, -0.2) is 61.0 Å². The predicted molar refractivity (Wildman–Crippen MR) is 127 cm³/mol. The fraction of sp³-hybridized carbons (Fsp3) is 0.519. The summed E-state index contributed by atoms with van der Waals surface area (Å²) in [5.41, 5.74) is 5.26. The van der Waals surface area contributed by atoms with Crippen molar-refractivity contribution in [3.05, 3.63) is 65.2 Å². The molecule has 2 saturated heterocycles. The number of fused-ring (bicyclic) bond motifs is 1. The maximum atomic E-state index is 13.3. The highest BCUT2D eigenvalue weighted by atomic mass is 16.2. The van der Waals surface area contributed by atoms with Crippen LogP contribution < -0.4 is 4.90 Å². The summed E-state index contributed by atoms with van der Waals surface area (Å²) in [5, 5.41) is 0. The van der Waals surface area contributed by atoms with Crippen molar-refractivity contribution in [1.82, 2.24) is 9.80 Å². The molecule has 3 aliphatic rings. The second-order valence-electron chi connectivity index (χ2n) is 9.90. The molecule has 3 heterocycles. The fourth-order valence-corrected chi connectivity index (χ4v) is 5.51. The van der Waals surface area contributed by atoms with Crippen LogP contribution in [0.2, 0.25) is 0 Å². The zero-order valence-corrected chi connectivity index (χ0v) is 19.0. The molecular weight excluding hydrogens is 382 g/mol. The number of nitrogens with zero attached hydrogens (tertiary/aromatic N) is 3. The summed E-state index contributed by atoms with van der Waals surface area (Å²) in [5.74, 6) is 0.901. The zero-order chi connectivity index (χ0) is 21.4. The van der Waals surface area contributed by atoms with Gasteiger partial charge in [-0.05, 0) is 62.4 Å². The Morgan fingerprint density at radius 3 is 2.55 bits per heavy atom. The first-order chi connectivity index (χ1) is 15.1. The first-order valence-corrected chi connectivity index (χ1v) is 12.0. The molecule has 5 rings (SSSR count). The Morgan fingerprint density at radius 1 is 1.03 bits per heavy atom. The Kier molecular flexibility index (Phi) is 5.85. The molecule has 0 aliphatic carbocycles. The van der Waals surface area contributed by atoms with Crippen LogP contribution in [0, 0.1) is 0 Å². The van der Waals surface area contributed by atoms with Crippen LogP contribution in [-0.2, 0) is 17.6 Å². The Hall–Kier alpha value is -2.17. The zero-order valence-electron chi connectivity index (χ0n) is 19.0. The number of aryl methyl sites for hydroxylation is 2. The van der Waals surface area contributed by atoms with Gasteiger partial charge in [0.25, 0.3) is 0 Å². The monoisotopic (exact) mass is 417 g/mol. The minimum Gasteiger partial charge on any atom is -0.309 e. The van der Waals surface area contributed by atoms with Crippen molar-refractivity contribution in [3.8, 4) is 0 Å². The normalized spacial score (nSPS) is 22.6. The smallest absolute Gasteiger partial charge is 0.227 e. The minimum atomic E-state index is 0.286. The van der Waals surface area contributed by atoms with E-state index in [9.17, 15) is 4.79 Å². The number of likely N-dealkylation sites (tertiary alicyclic amines) is 2. The first kappa shape index (κ1) is 20.7. The summed E-state index contributed by atoms with van der Waals surface area (Å²) in [6.45, 7) is 6.96. The quantitative estimate of drug-likeness (QED) is 0.708. The van der Waals surface area contributed by atoms with Crippen LogP contribution in [0.15, 0.2) is 48.5 Å². The Balaban J connectivity index is 1.24. The van der Waals surface area contributed by atoms with Gasteiger partial charge in [-0.15, -0.1) is 0 Å². The Bertz CT molecular complexity index is 915. The molecule has 1 atom stereocenters. The van der Waals surface area contributed by atoms with E-state index in [2.05, 4.69) is 71.1 Å². The van der Waals surface area contributed by atoms with Gasteiger partial charge in [0.15, 0.2) is 0 Å². The van der Waals surface area contributed by atoms with Crippen LogP contribution >= 0.6 is 0 Å². The largest absolute Gasteiger partial charge is 0.309 e. The maximum absolute atomic E-state index is 13.3. The summed E-state index contributed by atoms with van der Waals surface area (Å²) in [4.78, 5) is 20.4. The van der Waals surface area contributed by atoms with E-state index in [1.165, 1.54) is 35.5 Å². The van der Waals surface area contributed by atoms with E-state index in [1.54, 1.807) is 0 Å². The first-order valence-electron chi connectivity index (χ1n) is 12.0. The number of hydrogen-bond donors (Lipinski definition) is 0. The summed E-state index contributed by atoms with van der Waals surface area (Å²) in [6, 6.07) is 18.5. The lowest BCUT2D eigenvalue weighted by Gasteiger charge is -2.51. The van der Waals surface area contributed by atoms with Gasteiger partial charge < -0.3 is 9.80 Å². The summed E-state index contributed by atoms with van der Waals surface area (Å²) < 4.78 is 0. The van der Waals surface area contributed by atoms with Gasteiger partial charge >= 0.3 is 0 Å². The number of benzene rings is 2. The average molecular weight is 418 g/mol. The third-order valence-electron chi connectivity index (χ3n) is 7.55. The molecule has 4 heteroatoms. The van der Waals surface area contributed by atoms with E-state index in [0.717, 1.165) is 44.8 Å². The van der Waals surface area contributed by atoms with E-state index >= 15 is 0 Å². The molecule has 2 fully saturated rings. The number of rotatable bonds is 6. The molecule has 164 valence electrons. The van der Waals surface area contributed by atoms with Crippen LogP contribution in [0.4, 0.5) is 5.69 Å². The van der Waals surface area contributed by atoms with E-state index in [4.69, 9.17) is 0 Å². The maximum Gasteiger partial charge on any atom is 0.227 e. The molecule has 31 heavy (non-hydrogen) atoms. The lowest BCUT2D eigenvalue weighted by Crippen LogP contribution is -2.63. The molecular formula is C27H35N3O. The minimum absolute atomic E-state index is 0.286. The molecule has 0 aromatic heterocycles. The number of hydrogen-bond acceptors (Lipinski definition) is 3. The summed E-state index contributed by atoms with van der Waals surface area (Å²) >= 11 is 0. The molecule has 0 spiro atoms. The third kappa shape index (κ3) is 4.28. The van der Waals surface area contributed by atoms with Gasteiger partial charge in [0.1, 0.15) is 0 Å². The Labute approximate surface area is 186 Å². The molecule has 2 aromatic rings. The van der Waals surface area contributed by atoms with Crippen molar-refractivity contribution in [2.24, 2.45) is 0 Å². The van der Waals surface area contributed by atoms with E-state index in [0.29, 0.717) is 12.3 Å². The molecule has 0 radical (unpaired) electrons. The molecule has 1 unspecified atom stereocenters. The highest BCUT2D eigenvalue weighted by Gasteiger charge is 2.38. The van der Waals surface area contributed by atoms with E-state index in [1.807, 2.05) is 6.07 Å². The lowest BCUT2D eigenvalue weighted by molar-refractivity contribution is -0.119. The van der Waals surface area contributed by atoms with Gasteiger partial charge in [-0.3, -0.25) is 9.69 Å². The molecule has 0 N–H and O–H groups in total. The SMILES string of the molecule is CC1CCc2ccc(C3CN(C4CN(C)C4)C3)cc2N1C(=O)CCCc1ccccc1. The summed E-state index contributed by atoms with van der Waals surface area (Å²) in [6.07, 6.45) is 4.64. The van der Waals surface area contributed by atoms with Gasteiger partial charge in [-0.2, -0.15) is 0 Å². The highest BCUT2D eigenvalue weighted by Crippen LogP contribution is 2.37. The van der Waals surface area contributed by atoms with E-state index < -0.39 is 0 Å². The number of carbonyl (C=O) groups excluding carboxylic acids is 1. The van der Waals surface area contributed by atoms with Crippen LogP contribution in [0.1, 0.15) is 48.8 Å². The number of amides is 1. The van der Waals surface area contributed by atoms with Crippen molar-refractivity contribution in [3.63, 3.8) is 0 Å². The van der Waals surface area contributed by atoms with Gasteiger partial charge in [0.2, 0.25) is 5.91 Å². The molecule has 0 bridgehead atoms. The molecule has 0 saturated carbocycles. The molecule has 2 aromatic carbocycles. The van der Waals surface area contributed by atoms with Crippen molar-refractivity contribution >= 4 is 11.6 Å². The highest BCUT2D eigenvalue weighted by molar-refractivity contribution is 5.95. The van der Waals surface area contributed by atoms with Crippen molar-refractivity contribution in [2.75, 3.05) is 38.1 Å². The third-order valence-corrected chi connectivity index (χ3v) is 7.55. The molecule has 4 nitrogen and oxygen atoms in total. The number of carbonyl (C=O) groups is 1. The van der Waals surface area contributed by atoms with Crippen LogP contribution in [0.3, 0.4) is 0 Å². The second-order valence-corrected chi connectivity index (χ2v) is 9.90. The lowest BCUT2D eigenvalue weighted by atomic mass is 9.86. The average Bonchev–Trinajstić information content (AvgIpc) is 2.72. The fourth-order valence-electron chi connectivity index (χ4n) is 5.51. The van der Waals surface area contributed by atoms with Crippen molar-refractivity contribution in [2.45, 2.75) is 57.0 Å². The summed E-state index contributed by atoms with van der Waals surface area (Å²) in [7, 11) is 2.20. The van der Waals surface area contributed by atoms with Gasteiger partial charge in [0, 0.05) is 56.3 Å². The van der Waals surface area contributed by atoms with Crippen molar-refractivity contribution < 1.29 is 4.79 Å².